The molecule has 1 aromatic carbocycles. The summed E-state index contributed by atoms with van der Waals surface area (Å²) in [5.41, 5.74) is 0.849. The number of esters is 2. The van der Waals surface area contributed by atoms with Crippen LogP contribution in [0.15, 0.2) is 30.3 Å². The van der Waals surface area contributed by atoms with Gasteiger partial charge in [0.15, 0.2) is 12.1 Å². The maximum atomic E-state index is 11.6. The summed E-state index contributed by atoms with van der Waals surface area (Å²) in [5, 5.41) is 0. The van der Waals surface area contributed by atoms with Gasteiger partial charge < -0.3 is 14.2 Å². The van der Waals surface area contributed by atoms with Crippen LogP contribution in [0, 0.1) is 5.92 Å². The highest BCUT2D eigenvalue weighted by Crippen LogP contribution is 2.14. The van der Waals surface area contributed by atoms with Crippen LogP contribution in [0.4, 0.5) is 0 Å². The summed E-state index contributed by atoms with van der Waals surface area (Å²) < 4.78 is 15.2. The number of hydrogen-bond acceptors (Lipinski definition) is 7. The van der Waals surface area contributed by atoms with Crippen LogP contribution in [0.5, 0.6) is 5.75 Å². The Morgan fingerprint density at radius 2 is 1.74 bits per heavy atom. The molecule has 0 saturated carbocycles. The molecule has 0 amide bonds. The van der Waals surface area contributed by atoms with Crippen LogP contribution >= 0.6 is 0 Å². The van der Waals surface area contributed by atoms with Gasteiger partial charge in [0.2, 0.25) is 0 Å². The van der Waals surface area contributed by atoms with Crippen molar-refractivity contribution in [2.75, 3.05) is 20.3 Å². The Balaban J connectivity index is 2.20. The maximum absolute atomic E-state index is 11.6. The molecule has 1 unspecified atom stereocenters. The molecule has 0 spiro atoms. The first-order valence-electron chi connectivity index (χ1n) is 8.59. The molecule has 1 rings (SSSR count). The molecule has 0 N–H and O–H groups in total. The standard InChI is InChI=1S/C20H24O7/c1-15(13-17(22)14-21)20(24)27-12-4-3-11-26-18-8-5-16(6-9-18)7-10-19(23)25-2/h5-10,14-15H,3-4,11-13H2,1-2H3. The third-order valence-corrected chi connectivity index (χ3v) is 3.59. The molecule has 0 aliphatic carbocycles. The van der Waals surface area contributed by atoms with Crippen LogP contribution in [-0.4, -0.2) is 44.3 Å². The Hall–Kier alpha value is -2.96. The van der Waals surface area contributed by atoms with E-state index in [2.05, 4.69) is 4.74 Å². The normalized spacial score (nSPS) is 11.6. The minimum Gasteiger partial charge on any atom is -0.494 e. The minimum absolute atomic E-state index is 0.129. The number of unbranched alkanes of at least 4 members (excludes halogenated alkanes) is 1. The number of ketones is 1. The molecule has 0 heterocycles. The van der Waals surface area contributed by atoms with Gasteiger partial charge in [0.05, 0.1) is 26.2 Å². The van der Waals surface area contributed by atoms with E-state index in [1.807, 2.05) is 12.1 Å². The predicted molar refractivity (Wildman–Crippen MR) is 98.0 cm³/mol. The first-order chi connectivity index (χ1) is 13.0. The van der Waals surface area contributed by atoms with Gasteiger partial charge in [-0.3, -0.25) is 14.4 Å². The molecule has 1 aromatic rings. The molecule has 0 aromatic heterocycles. The lowest BCUT2D eigenvalue weighted by atomic mass is 10.1. The fourth-order valence-corrected chi connectivity index (χ4v) is 2.05. The second-order valence-corrected chi connectivity index (χ2v) is 5.84. The Morgan fingerprint density at radius 1 is 1.07 bits per heavy atom. The molecule has 0 aliphatic heterocycles. The average molecular weight is 376 g/mol. The van der Waals surface area contributed by atoms with Crippen LogP contribution in [0.2, 0.25) is 0 Å². The number of carbonyl (C=O) groups excluding carboxylic acids is 4. The molecular weight excluding hydrogens is 352 g/mol. The Morgan fingerprint density at radius 3 is 2.37 bits per heavy atom. The first kappa shape index (κ1) is 22.1. The van der Waals surface area contributed by atoms with Gasteiger partial charge in [-0.05, 0) is 36.6 Å². The van der Waals surface area contributed by atoms with E-state index in [4.69, 9.17) is 9.47 Å². The average Bonchev–Trinajstić information content (AvgIpc) is 2.69. The largest absolute Gasteiger partial charge is 0.494 e. The lowest BCUT2D eigenvalue weighted by Crippen LogP contribution is -2.19. The van der Waals surface area contributed by atoms with E-state index in [1.54, 1.807) is 25.1 Å². The zero-order valence-corrected chi connectivity index (χ0v) is 15.5. The summed E-state index contributed by atoms with van der Waals surface area (Å²) in [6, 6.07) is 7.22. The van der Waals surface area contributed by atoms with Gasteiger partial charge in [-0.2, -0.15) is 0 Å². The number of methoxy groups -OCH3 is 1. The van der Waals surface area contributed by atoms with Crippen molar-refractivity contribution in [2.24, 2.45) is 5.92 Å². The number of aldehydes is 1. The van der Waals surface area contributed by atoms with E-state index in [0.29, 0.717) is 25.2 Å². The van der Waals surface area contributed by atoms with E-state index in [-0.39, 0.29) is 19.3 Å². The van der Waals surface area contributed by atoms with Crippen molar-refractivity contribution in [1.82, 2.24) is 0 Å². The van der Waals surface area contributed by atoms with Gasteiger partial charge in [0.25, 0.3) is 0 Å². The first-order valence-corrected chi connectivity index (χ1v) is 8.59. The third kappa shape index (κ3) is 9.34. The SMILES string of the molecule is COC(=O)C=Cc1ccc(OCCCCOC(=O)C(C)CC(=O)C=O)cc1. The molecule has 146 valence electrons. The molecule has 0 bridgehead atoms. The quantitative estimate of drug-likeness (QED) is 0.182. The van der Waals surface area contributed by atoms with E-state index in [9.17, 15) is 19.2 Å². The van der Waals surface area contributed by atoms with Gasteiger partial charge in [-0.15, -0.1) is 0 Å². The van der Waals surface area contributed by atoms with Crippen molar-refractivity contribution in [1.29, 1.82) is 0 Å². The molecule has 1 atom stereocenters. The van der Waals surface area contributed by atoms with Gasteiger partial charge >= 0.3 is 11.9 Å². The molecule has 27 heavy (non-hydrogen) atoms. The van der Waals surface area contributed by atoms with Crippen molar-refractivity contribution >= 4 is 30.1 Å². The summed E-state index contributed by atoms with van der Waals surface area (Å²) in [7, 11) is 1.32. The Bertz CT molecular complexity index is 661. The van der Waals surface area contributed by atoms with Crippen LogP contribution in [0.3, 0.4) is 0 Å². The van der Waals surface area contributed by atoms with Crippen molar-refractivity contribution in [3.8, 4) is 5.75 Å². The van der Waals surface area contributed by atoms with Crippen LogP contribution in [-0.2, 0) is 28.7 Å². The highest BCUT2D eigenvalue weighted by atomic mass is 16.5. The summed E-state index contributed by atoms with van der Waals surface area (Å²) in [6.45, 7) is 2.25. The molecule has 7 nitrogen and oxygen atoms in total. The fourth-order valence-electron chi connectivity index (χ4n) is 2.05. The molecule has 0 aliphatic rings. The highest BCUT2D eigenvalue weighted by Gasteiger charge is 2.17. The lowest BCUT2D eigenvalue weighted by molar-refractivity contribution is -0.149. The molecule has 0 fully saturated rings. The van der Waals surface area contributed by atoms with E-state index in [0.717, 1.165) is 5.56 Å². The monoisotopic (exact) mass is 376 g/mol. The van der Waals surface area contributed by atoms with Crippen LogP contribution in [0.1, 0.15) is 31.7 Å². The number of ether oxygens (including phenoxy) is 3. The van der Waals surface area contributed by atoms with E-state index < -0.39 is 23.6 Å². The topological polar surface area (TPSA) is 96.0 Å². The summed E-state index contributed by atoms with van der Waals surface area (Å²) in [4.78, 5) is 43.9. The van der Waals surface area contributed by atoms with E-state index in [1.165, 1.54) is 13.2 Å². The number of Topliss-reactive ketones (excluding diaryl/α,β-unsaturated/α-hetero) is 1. The van der Waals surface area contributed by atoms with Gasteiger partial charge in [-0.25, -0.2) is 4.79 Å². The third-order valence-electron chi connectivity index (χ3n) is 3.59. The van der Waals surface area contributed by atoms with Gasteiger partial charge in [0, 0.05) is 12.5 Å². The molecule has 7 heteroatoms. The number of carbonyl (C=O) groups is 4. The van der Waals surface area contributed by atoms with Crippen molar-refractivity contribution < 1.29 is 33.4 Å². The van der Waals surface area contributed by atoms with Gasteiger partial charge in [0.1, 0.15) is 5.75 Å². The summed E-state index contributed by atoms with van der Waals surface area (Å²) in [5.74, 6) is -1.43. The molecule has 0 saturated heterocycles. The van der Waals surface area contributed by atoms with E-state index >= 15 is 0 Å². The predicted octanol–water partition coefficient (Wildman–Crippen LogP) is 2.37. The lowest BCUT2D eigenvalue weighted by Gasteiger charge is -2.10. The second-order valence-electron chi connectivity index (χ2n) is 5.84. The minimum atomic E-state index is -0.620. The van der Waals surface area contributed by atoms with Crippen molar-refractivity contribution in [3.05, 3.63) is 35.9 Å². The van der Waals surface area contributed by atoms with Crippen molar-refractivity contribution in [2.45, 2.75) is 26.2 Å². The smallest absolute Gasteiger partial charge is 0.330 e. The zero-order valence-electron chi connectivity index (χ0n) is 15.5. The Labute approximate surface area is 158 Å². The van der Waals surface area contributed by atoms with Crippen LogP contribution < -0.4 is 4.74 Å². The number of benzene rings is 1. The van der Waals surface area contributed by atoms with Crippen LogP contribution in [0.25, 0.3) is 6.08 Å². The highest BCUT2D eigenvalue weighted by molar-refractivity contribution is 6.25. The summed E-state index contributed by atoms with van der Waals surface area (Å²) in [6.07, 6.45) is 4.39. The maximum Gasteiger partial charge on any atom is 0.330 e. The zero-order chi connectivity index (χ0) is 20.1. The number of rotatable bonds is 12. The summed E-state index contributed by atoms with van der Waals surface area (Å²) >= 11 is 0. The Kier molecular flexibility index (Phi) is 10.1. The number of hydrogen-bond donors (Lipinski definition) is 0. The molecular formula is C20H24O7. The van der Waals surface area contributed by atoms with Gasteiger partial charge in [-0.1, -0.05) is 19.1 Å². The molecule has 0 radical (unpaired) electrons. The second kappa shape index (κ2) is 12.4. The van der Waals surface area contributed by atoms with Crippen molar-refractivity contribution in [3.63, 3.8) is 0 Å². The fraction of sp³-hybridized carbons (Fsp3) is 0.400.